The number of carbonyl (C=O) groups excluding carboxylic acids is 2. The van der Waals surface area contributed by atoms with Gasteiger partial charge in [-0.05, 0) is 48.5 Å². The van der Waals surface area contributed by atoms with E-state index >= 15 is 0 Å². The van der Waals surface area contributed by atoms with Crippen molar-refractivity contribution in [2.45, 2.75) is 12.8 Å². The largest absolute Gasteiger partial charge is 0.325 e. The van der Waals surface area contributed by atoms with Crippen molar-refractivity contribution >= 4 is 39.9 Å². The molecule has 3 aromatic rings. The van der Waals surface area contributed by atoms with Crippen LogP contribution in [0.2, 0.25) is 5.02 Å². The number of ketones is 1. The first-order valence-corrected chi connectivity index (χ1v) is 7.93. The number of aromatic nitrogens is 1. The Bertz CT molecular complexity index is 886. The van der Waals surface area contributed by atoms with E-state index in [1.807, 2.05) is 30.3 Å². The molecule has 0 fully saturated rings. The Morgan fingerprint density at radius 3 is 2.54 bits per heavy atom. The summed E-state index contributed by atoms with van der Waals surface area (Å²) < 4.78 is 0. The summed E-state index contributed by atoms with van der Waals surface area (Å²) in [6.45, 7) is 0. The maximum atomic E-state index is 12.1. The van der Waals surface area contributed by atoms with Gasteiger partial charge in [0.05, 0.1) is 11.2 Å². The lowest BCUT2D eigenvalue weighted by molar-refractivity contribution is -0.116. The minimum atomic E-state index is -0.200. The van der Waals surface area contributed by atoms with Gasteiger partial charge in [-0.2, -0.15) is 0 Å². The van der Waals surface area contributed by atoms with Crippen molar-refractivity contribution in [1.29, 1.82) is 0 Å². The molecular weight excluding hydrogens is 324 g/mol. The summed E-state index contributed by atoms with van der Waals surface area (Å²) in [5.41, 5.74) is 2.07. The molecule has 1 amide bonds. The molecule has 0 saturated heterocycles. The van der Waals surface area contributed by atoms with Crippen LogP contribution in [-0.2, 0) is 4.79 Å². The number of hydrogen-bond donors (Lipinski definition) is 1. The first-order chi connectivity index (χ1) is 11.6. The minimum absolute atomic E-state index is 0.0820. The summed E-state index contributed by atoms with van der Waals surface area (Å²) in [6.07, 6.45) is 1.98. The fraction of sp³-hybridized carbons (Fsp3) is 0.105. The van der Waals surface area contributed by atoms with Gasteiger partial charge in [-0.25, -0.2) is 0 Å². The number of carbonyl (C=O) groups is 2. The van der Waals surface area contributed by atoms with E-state index in [-0.39, 0.29) is 24.5 Å². The van der Waals surface area contributed by atoms with E-state index in [2.05, 4.69) is 10.3 Å². The predicted molar refractivity (Wildman–Crippen MR) is 95.4 cm³/mol. The molecule has 24 heavy (non-hydrogen) atoms. The second kappa shape index (κ2) is 7.23. The molecule has 0 radical (unpaired) electrons. The van der Waals surface area contributed by atoms with E-state index in [1.165, 1.54) is 0 Å². The molecule has 0 unspecified atom stereocenters. The molecule has 5 heteroatoms. The number of nitrogens with zero attached hydrogens (tertiary/aromatic N) is 1. The van der Waals surface area contributed by atoms with Crippen LogP contribution in [0.1, 0.15) is 23.2 Å². The fourth-order valence-electron chi connectivity index (χ4n) is 2.43. The molecule has 0 saturated carbocycles. The van der Waals surface area contributed by atoms with Gasteiger partial charge in [0.15, 0.2) is 5.78 Å². The van der Waals surface area contributed by atoms with Crippen molar-refractivity contribution in [2.75, 3.05) is 5.32 Å². The molecular formula is C19H15ClN2O2. The standard InChI is InChI=1S/C19H15ClN2O2/c20-14-8-6-13(7-9-14)18(23)10-11-19(24)22-17-5-1-4-16-15(17)3-2-12-21-16/h1-9,12H,10-11H2,(H,22,24). The molecule has 1 heterocycles. The smallest absolute Gasteiger partial charge is 0.224 e. The van der Waals surface area contributed by atoms with Crippen LogP contribution in [-0.4, -0.2) is 16.7 Å². The van der Waals surface area contributed by atoms with Crippen molar-refractivity contribution in [3.8, 4) is 0 Å². The fourth-order valence-corrected chi connectivity index (χ4v) is 2.56. The summed E-state index contributed by atoms with van der Waals surface area (Å²) in [4.78, 5) is 28.5. The highest BCUT2D eigenvalue weighted by Crippen LogP contribution is 2.21. The Morgan fingerprint density at radius 1 is 0.958 bits per heavy atom. The molecule has 1 aromatic heterocycles. The maximum Gasteiger partial charge on any atom is 0.224 e. The Labute approximate surface area is 144 Å². The van der Waals surface area contributed by atoms with Crippen LogP contribution in [0.4, 0.5) is 5.69 Å². The third-order valence-electron chi connectivity index (χ3n) is 3.67. The van der Waals surface area contributed by atoms with E-state index in [4.69, 9.17) is 11.6 Å². The van der Waals surface area contributed by atoms with Crippen LogP contribution in [0.25, 0.3) is 10.9 Å². The molecule has 0 aliphatic rings. The number of benzene rings is 2. The molecule has 2 aromatic carbocycles. The summed E-state index contributed by atoms with van der Waals surface area (Å²) in [7, 11) is 0. The Hall–Kier alpha value is -2.72. The van der Waals surface area contributed by atoms with E-state index < -0.39 is 0 Å². The van der Waals surface area contributed by atoms with Gasteiger partial charge in [-0.3, -0.25) is 14.6 Å². The number of hydrogen-bond acceptors (Lipinski definition) is 3. The molecule has 0 spiro atoms. The van der Waals surface area contributed by atoms with Crippen LogP contribution in [0, 0.1) is 0 Å². The zero-order valence-electron chi connectivity index (χ0n) is 12.8. The van der Waals surface area contributed by atoms with Gasteiger partial charge < -0.3 is 5.32 Å². The number of anilines is 1. The quantitative estimate of drug-likeness (QED) is 0.697. The minimum Gasteiger partial charge on any atom is -0.325 e. The Morgan fingerprint density at radius 2 is 1.75 bits per heavy atom. The molecule has 3 rings (SSSR count). The van der Waals surface area contributed by atoms with Crippen LogP contribution < -0.4 is 5.32 Å². The average molecular weight is 339 g/mol. The SMILES string of the molecule is O=C(CCC(=O)c1ccc(Cl)cc1)Nc1cccc2ncccc12. The number of amides is 1. The first kappa shape index (κ1) is 16.1. The third-order valence-corrected chi connectivity index (χ3v) is 3.92. The third kappa shape index (κ3) is 3.78. The molecule has 0 bridgehead atoms. The highest BCUT2D eigenvalue weighted by molar-refractivity contribution is 6.30. The molecule has 0 aliphatic carbocycles. The normalized spacial score (nSPS) is 10.5. The lowest BCUT2D eigenvalue weighted by atomic mass is 10.1. The molecule has 4 nitrogen and oxygen atoms in total. The summed E-state index contributed by atoms with van der Waals surface area (Å²) in [5, 5.41) is 4.30. The lowest BCUT2D eigenvalue weighted by Crippen LogP contribution is -2.13. The number of halogens is 1. The monoisotopic (exact) mass is 338 g/mol. The summed E-state index contributed by atoms with van der Waals surface area (Å²) >= 11 is 5.80. The van der Waals surface area contributed by atoms with Gasteiger partial charge in [0.1, 0.15) is 0 Å². The van der Waals surface area contributed by atoms with Crippen molar-refractivity contribution in [1.82, 2.24) is 4.98 Å². The van der Waals surface area contributed by atoms with E-state index in [1.54, 1.807) is 30.5 Å². The van der Waals surface area contributed by atoms with Gasteiger partial charge in [0, 0.05) is 35.0 Å². The lowest BCUT2D eigenvalue weighted by Gasteiger charge is -2.08. The molecule has 0 atom stereocenters. The van der Waals surface area contributed by atoms with Crippen LogP contribution in [0.15, 0.2) is 60.8 Å². The van der Waals surface area contributed by atoms with Gasteiger partial charge >= 0.3 is 0 Å². The van der Waals surface area contributed by atoms with E-state index in [0.717, 1.165) is 10.9 Å². The predicted octanol–water partition coefficient (Wildman–Crippen LogP) is 4.49. The number of nitrogens with one attached hydrogen (secondary N) is 1. The Balaban J connectivity index is 1.63. The topological polar surface area (TPSA) is 59.1 Å². The van der Waals surface area contributed by atoms with Gasteiger partial charge in [0.25, 0.3) is 0 Å². The molecule has 1 N–H and O–H groups in total. The highest BCUT2D eigenvalue weighted by atomic mass is 35.5. The number of rotatable bonds is 5. The molecule has 0 aliphatic heterocycles. The first-order valence-electron chi connectivity index (χ1n) is 7.56. The number of Topliss-reactive ketones (excluding diaryl/α,β-unsaturated/α-hetero) is 1. The highest BCUT2D eigenvalue weighted by Gasteiger charge is 2.11. The van der Waals surface area contributed by atoms with Gasteiger partial charge in [-0.1, -0.05) is 17.7 Å². The number of pyridine rings is 1. The van der Waals surface area contributed by atoms with E-state index in [0.29, 0.717) is 16.3 Å². The second-order valence-corrected chi connectivity index (χ2v) is 5.79. The van der Waals surface area contributed by atoms with Crippen molar-refractivity contribution in [3.63, 3.8) is 0 Å². The summed E-state index contributed by atoms with van der Waals surface area (Å²) in [6, 6.07) is 15.9. The summed E-state index contributed by atoms with van der Waals surface area (Å²) in [5.74, 6) is -0.282. The maximum absolute atomic E-state index is 12.1. The van der Waals surface area contributed by atoms with Crippen LogP contribution in [0.3, 0.4) is 0 Å². The van der Waals surface area contributed by atoms with Crippen LogP contribution in [0.5, 0.6) is 0 Å². The zero-order chi connectivity index (χ0) is 16.9. The van der Waals surface area contributed by atoms with Gasteiger partial charge in [-0.15, -0.1) is 0 Å². The van der Waals surface area contributed by atoms with Crippen molar-refractivity contribution in [2.24, 2.45) is 0 Å². The Kier molecular flexibility index (Phi) is 4.87. The zero-order valence-corrected chi connectivity index (χ0v) is 13.6. The van der Waals surface area contributed by atoms with Gasteiger partial charge in [0.2, 0.25) is 5.91 Å². The van der Waals surface area contributed by atoms with Crippen molar-refractivity contribution in [3.05, 3.63) is 71.4 Å². The number of fused-ring (bicyclic) bond motifs is 1. The van der Waals surface area contributed by atoms with Crippen LogP contribution >= 0.6 is 11.6 Å². The second-order valence-electron chi connectivity index (χ2n) is 5.35. The average Bonchev–Trinajstić information content (AvgIpc) is 2.61. The van der Waals surface area contributed by atoms with Crippen molar-refractivity contribution < 1.29 is 9.59 Å². The van der Waals surface area contributed by atoms with E-state index in [9.17, 15) is 9.59 Å². The molecule has 120 valence electrons.